The average Bonchev–Trinajstić information content (AvgIpc) is 2.85. The van der Waals surface area contributed by atoms with Crippen molar-refractivity contribution >= 4 is 22.7 Å². The zero-order valence-electron chi connectivity index (χ0n) is 11.3. The van der Waals surface area contributed by atoms with Crippen molar-refractivity contribution in [2.24, 2.45) is 0 Å². The summed E-state index contributed by atoms with van der Waals surface area (Å²) in [7, 11) is 0. The molecule has 1 fully saturated rings. The number of ether oxygens (including phenoxy) is 1. The van der Waals surface area contributed by atoms with Gasteiger partial charge in [-0.3, -0.25) is 10.1 Å². The van der Waals surface area contributed by atoms with E-state index in [-0.39, 0.29) is 10.6 Å². The second kappa shape index (κ2) is 5.09. The van der Waals surface area contributed by atoms with Gasteiger partial charge in [0.25, 0.3) is 5.69 Å². The van der Waals surface area contributed by atoms with Crippen LogP contribution in [-0.2, 0) is 11.3 Å². The van der Waals surface area contributed by atoms with E-state index in [9.17, 15) is 10.1 Å². The van der Waals surface area contributed by atoms with Crippen LogP contribution >= 0.6 is 0 Å². The molecule has 1 aliphatic heterocycles. The fourth-order valence-corrected chi connectivity index (χ4v) is 2.53. The molecule has 106 valence electrons. The summed E-state index contributed by atoms with van der Waals surface area (Å²) >= 11 is 0. The third kappa shape index (κ3) is 2.09. The highest BCUT2D eigenvalue weighted by atomic mass is 16.6. The van der Waals surface area contributed by atoms with E-state index >= 15 is 0 Å². The Bertz CT molecular complexity index is 646. The minimum absolute atomic E-state index is 0.0978. The van der Waals surface area contributed by atoms with Gasteiger partial charge < -0.3 is 14.2 Å². The summed E-state index contributed by atoms with van der Waals surface area (Å²) in [5.74, 6) is 0.867. The summed E-state index contributed by atoms with van der Waals surface area (Å²) in [6.07, 6.45) is 0. The number of fused-ring (bicyclic) bond motifs is 1. The molecule has 0 saturated carbocycles. The fourth-order valence-electron chi connectivity index (χ4n) is 2.53. The van der Waals surface area contributed by atoms with E-state index in [1.807, 2.05) is 11.5 Å². The van der Waals surface area contributed by atoms with Gasteiger partial charge in [-0.05, 0) is 13.0 Å². The topological polar surface area (TPSA) is 73.4 Å². The molecule has 7 heteroatoms. The lowest BCUT2D eigenvalue weighted by Gasteiger charge is -2.28. The van der Waals surface area contributed by atoms with Gasteiger partial charge in [-0.25, -0.2) is 4.98 Å². The van der Waals surface area contributed by atoms with Crippen LogP contribution in [0.5, 0.6) is 0 Å². The number of anilines is 1. The molecule has 0 amide bonds. The quantitative estimate of drug-likeness (QED) is 0.631. The van der Waals surface area contributed by atoms with E-state index in [0.29, 0.717) is 13.2 Å². The van der Waals surface area contributed by atoms with Crippen LogP contribution in [0.1, 0.15) is 6.92 Å². The standard InChI is InChI=1S/C13H16N4O3/c1-2-16-12-9-10(17(18)19)3-4-11(12)14-13(16)15-5-7-20-8-6-15/h3-4,9H,2,5-8H2,1H3. The summed E-state index contributed by atoms with van der Waals surface area (Å²) in [5.41, 5.74) is 1.70. The van der Waals surface area contributed by atoms with Crippen molar-refractivity contribution < 1.29 is 9.66 Å². The molecule has 2 aromatic rings. The van der Waals surface area contributed by atoms with Crippen molar-refractivity contribution in [3.05, 3.63) is 28.3 Å². The first kappa shape index (κ1) is 12.9. The van der Waals surface area contributed by atoms with Crippen LogP contribution in [0.25, 0.3) is 11.0 Å². The monoisotopic (exact) mass is 276 g/mol. The predicted molar refractivity (Wildman–Crippen MR) is 75.1 cm³/mol. The van der Waals surface area contributed by atoms with Crippen molar-refractivity contribution in [1.82, 2.24) is 9.55 Å². The Labute approximate surface area is 115 Å². The predicted octanol–water partition coefficient (Wildman–Crippen LogP) is 1.80. The zero-order valence-corrected chi connectivity index (χ0v) is 11.3. The van der Waals surface area contributed by atoms with Gasteiger partial charge in [-0.1, -0.05) is 0 Å². The second-order valence-electron chi connectivity index (χ2n) is 4.69. The van der Waals surface area contributed by atoms with Gasteiger partial charge in [0.2, 0.25) is 5.95 Å². The Morgan fingerprint density at radius 2 is 2.15 bits per heavy atom. The van der Waals surface area contributed by atoms with Crippen molar-refractivity contribution in [3.63, 3.8) is 0 Å². The molecule has 1 aromatic heterocycles. The van der Waals surface area contributed by atoms with Crippen LogP contribution in [-0.4, -0.2) is 40.8 Å². The average molecular weight is 276 g/mol. The molecule has 0 aliphatic carbocycles. The molecule has 7 nitrogen and oxygen atoms in total. The first-order valence-corrected chi connectivity index (χ1v) is 6.68. The Balaban J connectivity index is 2.10. The second-order valence-corrected chi connectivity index (χ2v) is 4.69. The lowest BCUT2D eigenvalue weighted by molar-refractivity contribution is -0.384. The van der Waals surface area contributed by atoms with Gasteiger partial charge in [0.15, 0.2) is 0 Å². The van der Waals surface area contributed by atoms with Gasteiger partial charge in [-0.15, -0.1) is 0 Å². The molecule has 0 unspecified atom stereocenters. The van der Waals surface area contributed by atoms with Crippen molar-refractivity contribution in [3.8, 4) is 0 Å². The van der Waals surface area contributed by atoms with Crippen LogP contribution < -0.4 is 4.90 Å². The highest BCUT2D eigenvalue weighted by molar-refractivity contribution is 5.81. The van der Waals surface area contributed by atoms with Crippen LogP contribution in [0.3, 0.4) is 0 Å². The Kier molecular flexibility index (Phi) is 3.27. The van der Waals surface area contributed by atoms with Crippen LogP contribution in [0.4, 0.5) is 11.6 Å². The number of non-ortho nitro benzene ring substituents is 1. The molecule has 0 spiro atoms. The maximum atomic E-state index is 10.9. The number of nitrogens with zero attached hydrogens (tertiary/aromatic N) is 4. The maximum absolute atomic E-state index is 10.9. The number of hydrogen-bond acceptors (Lipinski definition) is 5. The number of morpholine rings is 1. The normalized spacial score (nSPS) is 15.8. The number of nitro groups is 1. The highest BCUT2D eigenvalue weighted by Crippen LogP contribution is 2.26. The third-order valence-electron chi connectivity index (χ3n) is 3.53. The first-order chi connectivity index (χ1) is 9.70. The van der Waals surface area contributed by atoms with Gasteiger partial charge in [0.1, 0.15) is 0 Å². The van der Waals surface area contributed by atoms with E-state index in [0.717, 1.165) is 36.6 Å². The summed E-state index contributed by atoms with van der Waals surface area (Å²) in [6, 6.07) is 4.80. The number of aromatic nitrogens is 2. The number of nitro benzene ring substituents is 1. The number of rotatable bonds is 3. The van der Waals surface area contributed by atoms with Gasteiger partial charge >= 0.3 is 0 Å². The molecule has 0 N–H and O–H groups in total. The maximum Gasteiger partial charge on any atom is 0.271 e. The lowest BCUT2D eigenvalue weighted by Crippen LogP contribution is -2.37. The number of aryl methyl sites for hydroxylation is 1. The first-order valence-electron chi connectivity index (χ1n) is 6.68. The van der Waals surface area contributed by atoms with E-state index < -0.39 is 0 Å². The SMILES string of the molecule is CCn1c(N2CCOCC2)nc2ccc([N+](=O)[O-])cc21. The number of benzene rings is 1. The Hall–Kier alpha value is -2.15. The fraction of sp³-hybridized carbons (Fsp3) is 0.462. The number of imidazole rings is 1. The van der Waals surface area contributed by atoms with Gasteiger partial charge in [-0.2, -0.15) is 0 Å². The Morgan fingerprint density at radius 3 is 2.80 bits per heavy atom. The molecule has 2 heterocycles. The smallest absolute Gasteiger partial charge is 0.271 e. The van der Waals surface area contributed by atoms with Crippen molar-refractivity contribution in [2.45, 2.75) is 13.5 Å². The zero-order chi connectivity index (χ0) is 14.1. The summed E-state index contributed by atoms with van der Waals surface area (Å²) in [4.78, 5) is 17.3. The lowest BCUT2D eigenvalue weighted by atomic mass is 10.3. The van der Waals surface area contributed by atoms with E-state index in [1.165, 1.54) is 6.07 Å². The summed E-state index contributed by atoms with van der Waals surface area (Å²) < 4.78 is 7.37. The Morgan fingerprint density at radius 1 is 1.40 bits per heavy atom. The van der Waals surface area contributed by atoms with Gasteiger partial charge in [0, 0.05) is 31.8 Å². The van der Waals surface area contributed by atoms with Crippen LogP contribution in [0.15, 0.2) is 18.2 Å². The molecular weight excluding hydrogens is 260 g/mol. The minimum Gasteiger partial charge on any atom is -0.378 e. The molecule has 1 saturated heterocycles. The van der Waals surface area contributed by atoms with Crippen molar-refractivity contribution in [1.29, 1.82) is 0 Å². The minimum atomic E-state index is -0.374. The van der Waals surface area contributed by atoms with Crippen molar-refractivity contribution in [2.75, 3.05) is 31.2 Å². The summed E-state index contributed by atoms with van der Waals surface area (Å²) in [6.45, 7) is 5.71. The largest absolute Gasteiger partial charge is 0.378 e. The van der Waals surface area contributed by atoms with E-state index in [1.54, 1.807) is 12.1 Å². The third-order valence-corrected chi connectivity index (χ3v) is 3.53. The van der Waals surface area contributed by atoms with Crippen LogP contribution in [0, 0.1) is 10.1 Å². The molecule has 0 atom stereocenters. The highest BCUT2D eigenvalue weighted by Gasteiger charge is 2.20. The van der Waals surface area contributed by atoms with Crippen LogP contribution in [0.2, 0.25) is 0 Å². The molecule has 1 aromatic carbocycles. The van der Waals surface area contributed by atoms with E-state index in [2.05, 4.69) is 9.88 Å². The molecule has 0 radical (unpaired) electrons. The molecule has 3 rings (SSSR count). The molecule has 20 heavy (non-hydrogen) atoms. The van der Waals surface area contributed by atoms with Gasteiger partial charge in [0.05, 0.1) is 29.2 Å². The summed E-state index contributed by atoms with van der Waals surface area (Å²) in [5, 5.41) is 10.9. The molecule has 0 bridgehead atoms. The molecular formula is C13H16N4O3. The molecule has 1 aliphatic rings. The number of hydrogen-bond donors (Lipinski definition) is 0. The van der Waals surface area contributed by atoms with E-state index in [4.69, 9.17) is 4.74 Å².